The third-order valence-corrected chi connectivity index (χ3v) is 2.45. The number of likely N-dealkylation sites (N-methyl/N-ethyl adjacent to an activating group) is 1. The molecule has 96 valence electrons. The molecule has 1 rings (SSSR count). The van der Waals surface area contributed by atoms with Gasteiger partial charge in [-0.15, -0.1) is 0 Å². The molecule has 7 nitrogen and oxygen atoms in total. The fraction of sp³-hybridized carbons (Fsp3) is 0.700. The van der Waals surface area contributed by atoms with Crippen molar-refractivity contribution in [3.63, 3.8) is 0 Å². The van der Waals surface area contributed by atoms with Crippen molar-refractivity contribution in [2.75, 3.05) is 33.3 Å². The van der Waals surface area contributed by atoms with E-state index in [0.29, 0.717) is 6.42 Å². The maximum absolute atomic E-state index is 11.5. The molecule has 4 amide bonds. The molecule has 1 heterocycles. The van der Waals surface area contributed by atoms with E-state index in [1.54, 1.807) is 7.05 Å². The maximum atomic E-state index is 11.5. The minimum atomic E-state index is -0.314. The Morgan fingerprint density at radius 2 is 2.18 bits per heavy atom. The number of rotatable bonds is 6. The summed E-state index contributed by atoms with van der Waals surface area (Å²) in [6.07, 6.45) is 0.670. The van der Waals surface area contributed by atoms with Crippen LogP contribution in [0.25, 0.3) is 0 Å². The normalized spacial score (nSPS) is 15.6. The first-order valence-electron chi connectivity index (χ1n) is 5.49. The van der Waals surface area contributed by atoms with E-state index in [1.165, 1.54) is 4.90 Å². The Labute approximate surface area is 99.4 Å². The molecule has 0 aromatic heterocycles. The minimum Gasteiger partial charge on any atom is -0.395 e. The number of imide groups is 1. The van der Waals surface area contributed by atoms with Gasteiger partial charge in [-0.25, -0.2) is 4.79 Å². The number of hydrogen-bond acceptors (Lipinski definition) is 4. The Hall–Kier alpha value is -1.63. The van der Waals surface area contributed by atoms with Crippen molar-refractivity contribution in [1.29, 1.82) is 0 Å². The van der Waals surface area contributed by atoms with Gasteiger partial charge in [0.15, 0.2) is 0 Å². The summed E-state index contributed by atoms with van der Waals surface area (Å²) in [5, 5.41) is 11.0. The van der Waals surface area contributed by atoms with Gasteiger partial charge in [-0.05, 0) is 6.42 Å². The highest BCUT2D eigenvalue weighted by atomic mass is 16.3. The Balaban J connectivity index is 2.25. The van der Waals surface area contributed by atoms with E-state index in [0.717, 1.165) is 4.90 Å². The fourth-order valence-corrected chi connectivity index (χ4v) is 1.57. The molecule has 1 aliphatic rings. The molecule has 0 spiro atoms. The Morgan fingerprint density at radius 3 is 2.71 bits per heavy atom. The van der Waals surface area contributed by atoms with Crippen molar-refractivity contribution in [2.45, 2.75) is 12.8 Å². The van der Waals surface area contributed by atoms with Gasteiger partial charge in [-0.1, -0.05) is 0 Å². The second-order valence-electron chi connectivity index (χ2n) is 3.86. The van der Waals surface area contributed by atoms with Gasteiger partial charge in [0.25, 0.3) is 0 Å². The Morgan fingerprint density at radius 1 is 1.47 bits per heavy atom. The van der Waals surface area contributed by atoms with Crippen LogP contribution < -0.4 is 5.32 Å². The molecule has 0 bridgehead atoms. The lowest BCUT2D eigenvalue weighted by Crippen LogP contribution is -2.33. The predicted octanol–water partition coefficient (Wildman–Crippen LogP) is -1.23. The van der Waals surface area contributed by atoms with Crippen molar-refractivity contribution < 1.29 is 19.5 Å². The van der Waals surface area contributed by atoms with E-state index in [1.807, 2.05) is 0 Å². The average molecular weight is 243 g/mol. The van der Waals surface area contributed by atoms with Crippen molar-refractivity contribution in [1.82, 2.24) is 15.1 Å². The average Bonchev–Trinajstić information content (AvgIpc) is 2.53. The second-order valence-corrected chi connectivity index (χ2v) is 3.86. The summed E-state index contributed by atoms with van der Waals surface area (Å²) in [5.41, 5.74) is 0. The van der Waals surface area contributed by atoms with Gasteiger partial charge in [0.1, 0.15) is 6.54 Å². The van der Waals surface area contributed by atoms with E-state index >= 15 is 0 Å². The van der Waals surface area contributed by atoms with Gasteiger partial charge >= 0.3 is 6.03 Å². The minimum absolute atomic E-state index is 0.0976. The van der Waals surface area contributed by atoms with Crippen LogP contribution in [0.2, 0.25) is 0 Å². The van der Waals surface area contributed by atoms with Gasteiger partial charge in [-0.3, -0.25) is 14.5 Å². The first-order chi connectivity index (χ1) is 8.06. The van der Waals surface area contributed by atoms with Crippen LogP contribution in [0.1, 0.15) is 12.8 Å². The molecule has 1 fully saturated rings. The SMILES string of the molecule is CN1CC(=O)N(CCCC(=O)NCCO)C1=O. The van der Waals surface area contributed by atoms with Crippen molar-refractivity contribution in [3.05, 3.63) is 0 Å². The summed E-state index contributed by atoms with van der Waals surface area (Å²) in [5.74, 6) is -0.417. The molecule has 0 aromatic rings. The summed E-state index contributed by atoms with van der Waals surface area (Å²) in [6.45, 7) is 0.493. The van der Waals surface area contributed by atoms with Crippen LogP contribution in [0.3, 0.4) is 0 Å². The topological polar surface area (TPSA) is 90.0 Å². The number of aliphatic hydroxyl groups is 1. The molecule has 0 saturated carbocycles. The fourth-order valence-electron chi connectivity index (χ4n) is 1.57. The van der Waals surface area contributed by atoms with Crippen LogP contribution >= 0.6 is 0 Å². The zero-order chi connectivity index (χ0) is 12.8. The van der Waals surface area contributed by atoms with Gasteiger partial charge in [0, 0.05) is 26.6 Å². The smallest absolute Gasteiger partial charge is 0.326 e. The van der Waals surface area contributed by atoms with E-state index in [-0.39, 0.29) is 50.5 Å². The molecule has 0 atom stereocenters. The van der Waals surface area contributed by atoms with Crippen LogP contribution in [0.5, 0.6) is 0 Å². The quantitative estimate of drug-likeness (QED) is 0.571. The van der Waals surface area contributed by atoms with Crippen LogP contribution in [-0.2, 0) is 9.59 Å². The highest BCUT2D eigenvalue weighted by molar-refractivity contribution is 6.01. The maximum Gasteiger partial charge on any atom is 0.326 e. The highest BCUT2D eigenvalue weighted by Gasteiger charge is 2.32. The zero-order valence-corrected chi connectivity index (χ0v) is 9.81. The number of nitrogens with one attached hydrogen (secondary N) is 1. The third kappa shape index (κ3) is 3.70. The van der Waals surface area contributed by atoms with Crippen molar-refractivity contribution in [2.24, 2.45) is 0 Å². The lowest BCUT2D eigenvalue weighted by molar-refractivity contribution is -0.126. The molecule has 1 saturated heterocycles. The molecule has 2 N–H and O–H groups in total. The molecule has 0 unspecified atom stereocenters. The molecule has 0 radical (unpaired) electrons. The largest absolute Gasteiger partial charge is 0.395 e. The molecular formula is C10H17N3O4. The summed E-state index contributed by atoms with van der Waals surface area (Å²) in [6, 6.07) is -0.314. The monoisotopic (exact) mass is 243 g/mol. The lowest BCUT2D eigenvalue weighted by Gasteiger charge is -2.13. The second kappa shape index (κ2) is 6.19. The standard InChI is InChI=1S/C10H17N3O4/c1-12-7-9(16)13(10(12)17)5-2-3-8(15)11-4-6-14/h14H,2-7H2,1H3,(H,11,15). The molecule has 17 heavy (non-hydrogen) atoms. The molecular weight excluding hydrogens is 226 g/mol. The predicted molar refractivity (Wildman–Crippen MR) is 59.1 cm³/mol. The molecule has 0 aromatic carbocycles. The Bertz CT molecular complexity index is 319. The van der Waals surface area contributed by atoms with E-state index < -0.39 is 0 Å². The van der Waals surface area contributed by atoms with E-state index in [4.69, 9.17) is 5.11 Å². The van der Waals surface area contributed by atoms with Crippen molar-refractivity contribution >= 4 is 17.8 Å². The summed E-state index contributed by atoms with van der Waals surface area (Å²) in [7, 11) is 1.56. The van der Waals surface area contributed by atoms with Gasteiger partial charge < -0.3 is 15.3 Å². The zero-order valence-electron chi connectivity index (χ0n) is 9.81. The highest BCUT2D eigenvalue weighted by Crippen LogP contribution is 2.08. The van der Waals surface area contributed by atoms with Crippen LogP contribution in [0.4, 0.5) is 4.79 Å². The number of amides is 4. The molecule has 7 heteroatoms. The van der Waals surface area contributed by atoms with Crippen LogP contribution in [0.15, 0.2) is 0 Å². The van der Waals surface area contributed by atoms with Crippen LogP contribution in [-0.4, -0.2) is 66.0 Å². The van der Waals surface area contributed by atoms with Gasteiger partial charge in [-0.2, -0.15) is 0 Å². The lowest BCUT2D eigenvalue weighted by atomic mass is 10.3. The van der Waals surface area contributed by atoms with E-state index in [2.05, 4.69) is 5.32 Å². The first kappa shape index (κ1) is 13.4. The number of hydrogen-bond donors (Lipinski definition) is 2. The van der Waals surface area contributed by atoms with Gasteiger partial charge in [0.2, 0.25) is 11.8 Å². The van der Waals surface area contributed by atoms with Gasteiger partial charge in [0.05, 0.1) is 6.61 Å². The number of aliphatic hydroxyl groups excluding tert-OH is 1. The first-order valence-corrected chi connectivity index (χ1v) is 5.49. The number of carbonyl (C=O) groups is 3. The summed E-state index contributed by atoms with van der Waals surface area (Å²) >= 11 is 0. The van der Waals surface area contributed by atoms with Crippen LogP contribution in [0, 0.1) is 0 Å². The third-order valence-electron chi connectivity index (χ3n) is 2.45. The van der Waals surface area contributed by atoms with E-state index in [9.17, 15) is 14.4 Å². The number of urea groups is 1. The number of nitrogens with zero attached hydrogens (tertiary/aromatic N) is 2. The molecule has 0 aliphatic carbocycles. The number of carbonyl (C=O) groups excluding carboxylic acids is 3. The Kier molecular flexibility index (Phi) is 4.89. The van der Waals surface area contributed by atoms with Crippen molar-refractivity contribution in [3.8, 4) is 0 Å². The summed E-state index contributed by atoms with van der Waals surface area (Å²) in [4.78, 5) is 36.5. The molecule has 1 aliphatic heterocycles. The summed E-state index contributed by atoms with van der Waals surface area (Å²) < 4.78 is 0.